The fourth-order valence-electron chi connectivity index (χ4n) is 1.67. The maximum absolute atomic E-state index is 11.7. The molecule has 0 fully saturated rings. The molecule has 0 unspecified atom stereocenters. The highest BCUT2D eigenvalue weighted by molar-refractivity contribution is 5.95. The number of carbonyl (C=O) groups excluding carboxylic acids is 1. The minimum atomic E-state index is -0.0348. The van der Waals surface area contributed by atoms with Crippen molar-refractivity contribution >= 4 is 17.2 Å². The van der Waals surface area contributed by atoms with Crippen LogP contribution in [0.15, 0.2) is 18.3 Å². The Bertz CT molecular complexity index is 569. The van der Waals surface area contributed by atoms with Gasteiger partial charge in [0, 0.05) is 17.8 Å². The first-order chi connectivity index (χ1) is 8.00. The van der Waals surface area contributed by atoms with Crippen LogP contribution in [-0.4, -0.2) is 15.3 Å². The van der Waals surface area contributed by atoms with Gasteiger partial charge >= 0.3 is 0 Å². The Kier molecular flexibility index (Phi) is 2.88. The molecule has 4 heteroatoms. The molecule has 1 amide bonds. The normalized spacial score (nSPS) is 11.1. The molecule has 90 valence electrons. The highest BCUT2D eigenvalue weighted by Gasteiger charge is 2.12. The molecule has 0 aromatic carbocycles. The van der Waals surface area contributed by atoms with Crippen molar-refractivity contribution in [2.45, 2.75) is 27.7 Å². The number of nitrogens with one attached hydrogen (secondary N) is 1. The number of fused-ring (bicyclic) bond motifs is 1. The summed E-state index contributed by atoms with van der Waals surface area (Å²) in [6.45, 7) is 7.73. The first kappa shape index (κ1) is 11.6. The van der Waals surface area contributed by atoms with Gasteiger partial charge in [-0.05, 0) is 26.0 Å². The zero-order valence-electron chi connectivity index (χ0n) is 10.6. The third-order valence-corrected chi connectivity index (χ3v) is 2.91. The zero-order valence-corrected chi connectivity index (χ0v) is 10.6. The third kappa shape index (κ3) is 2.02. The predicted octanol–water partition coefficient (Wildman–Crippen LogP) is 2.55. The Morgan fingerprint density at radius 2 is 2.12 bits per heavy atom. The van der Waals surface area contributed by atoms with Crippen LogP contribution in [0, 0.1) is 19.8 Å². The molecule has 0 aliphatic carbocycles. The summed E-state index contributed by atoms with van der Waals surface area (Å²) in [4.78, 5) is 16.2. The van der Waals surface area contributed by atoms with E-state index in [1.54, 1.807) is 0 Å². The summed E-state index contributed by atoms with van der Waals surface area (Å²) >= 11 is 0. The van der Waals surface area contributed by atoms with E-state index in [2.05, 4.69) is 10.3 Å². The summed E-state index contributed by atoms with van der Waals surface area (Å²) in [5.74, 6) is -0.0242. The lowest BCUT2D eigenvalue weighted by Crippen LogP contribution is -2.18. The second-order valence-corrected chi connectivity index (χ2v) is 4.54. The van der Waals surface area contributed by atoms with Crippen molar-refractivity contribution in [1.29, 1.82) is 0 Å². The summed E-state index contributed by atoms with van der Waals surface area (Å²) in [5, 5.41) is 2.90. The van der Waals surface area contributed by atoms with Crippen LogP contribution in [0.2, 0.25) is 0 Å². The summed E-state index contributed by atoms with van der Waals surface area (Å²) in [6.07, 6.45) is 1.95. The van der Waals surface area contributed by atoms with E-state index < -0.39 is 0 Å². The van der Waals surface area contributed by atoms with E-state index in [9.17, 15) is 4.79 Å². The number of imidazole rings is 1. The Morgan fingerprint density at radius 3 is 2.76 bits per heavy atom. The van der Waals surface area contributed by atoms with Gasteiger partial charge < -0.3 is 9.72 Å². The molecule has 4 nitrogen and oxygen atoms in total. The van der Waals surface area contributed by atoms with E-state index in [4.69, 9.17) is 0 Å². The van der Waals surface area contributed by atoms with Crippen molar-refractivity contribution < 1.29 is 4.79 Å². The number of nitrogens with zero attached hydrogens (tertiary/aromatic N) is 2. The standard InChI is InChI=1S/C13H17N3O/c1-8(2)13(17)15-11-6-5-7-16-10(4)9(3)14-12(11)16/h5-8H,1-4H3,(H,15,17). The van der Waals surface area contributed by atoms with Crippen LogP contribution in [0.3, 0.4) is 0 Å². The highest BCUT2D eigenvalue weighted by atomic mass is 16.1. The van der Waals surface area contributed by atoms with Gasteiger partial charge in [0.25, 0.3) is 0 Å². The maximum atomic E-state index is 11.7. The van der Waals surface area contributed by atoms with Gasteiger partial charge in [-0.25, -0.2) is 4.98 Å². The molecule has 2 rings (SSSR count). The molecule has 1 N–H and O–H groups in total. The molecule has 0 bridgehead atoms. The molecule has 2 aromatic heterocycles. The molecular formula is C13H17N3O. The smallest absolute Gasteiger partial charge is 0.227 e. The molecule has 0 radical (unpaired) electrons. The lowest BCUT2D eigenvalue weighted by atomic mass is 10.2. The van der Waals surface area contributed by atoms with Crippen molar-refractivity contribution in [1.82, 2.24) is 9.38 Å². The Morgan fingerprint density at radius 1 is 1.41 bits per heavy atom. The zero-order chi connectivity index (χ0) is 12.6. The Labute approximate surface area is 101 Å². The fourth-order valence-corrected chi connectivity index (χ4v) is 1.67. The van der Waals surface area contributed by atoms with Crippen molar-refractivity contribution in [2.75, 3.05) is 5.32 Å². The SMILES string of the molecule is Cc1nc2c(NC(=O)C(C)C)cccn2c1C. The van der Waals surface area contributed by atoms with Crippen LogP contribution in [0.4, 0.5) is 5.69 Å². The molecule has 0 aliphatic heterocycles. The molecule has 0 saturated heterocycles. The number of anilines is 1. The van der Waals surface area contributed by atoms with Crippen LogP contribution >= 0.6 is 0 Å². The number of pyridine rings is 1. The van der Waals surface area contributed by atoms with E-state index in [1.165, 1.54) is 0 Å². The van der Waals surface area contributed by atoms with Gasteiger partial charge in [-0.3, -0.25) is 4.79 Å². The highest BCUT2D eigenvalue weighted by Crippen LogP contribution is 2.19. The number of hydrogen-bond acceptors (Lipinski definition) is 2. The van der Waals surface area contributed by atoms with Crippen LogP contribution in [0.25, 0.3) is 5.65 Å². The van der Waals surface area contributed by atoms with Crippen LogP contribution in [-0.2, 0) is 4.79 Å². The van der Waals surface area contributed by atoms with Crippen molar-refractivity contribution in [3.05, 3.63) is 29.7 Å². The van der Waals surface area contributed by atoms with Gasteiger partial charge in [0.1, 0.15) is 0 Å². The average molecular weight is 231 g/mol. The summed E-state index contributed by atoms with van der Waals surface area (Å²) in [6, 6.07) is 3.79. The first-order valence-electron chi connectivity index (χ1n) is 5.76. The third-order valence-electron chi connectivity index (χ3n) is 2.91. The number of rotatable bonds is 2. The van der Waals surface area contributed by atoms with Gasteiger partial charge in [-0.2, -0.15) is 0 Å². The quantitative estimate of drug-likeness (QED) is 0.863. The monoisotopic (exact) mass is 231 g/mol. The van der Waals surface area contributed by atoms with Crippen molar-refractivity contribution in [2.24, 2.45) is 5.92 Å². The number of carbonyl (C=O) groups is 1. The minimum Gasteiger partial charge on any atom is -0.323 e. The lowest BCUT2D eigenvalue weighted by molar-refractivity contribution is -0.118. The van der Waals surface area contributed by atoms with E-state index in [-0.39, 0.29) is 11.8 Å². The number of aromatic nitrogens is 2. The second-order valence-electron chi connectivity index (χ2n) is 4.54. The molecule has 0 aliphatic rings. The van der Waals surface area contributed by atoms with E-state index in [1.807, 2.05) is 50.4 Å². The van der Waals surface area contributed by atoms with E-state index in [0.29, 0.717) is 0 Å². The number of aryl methyl sites for hydroxylation is 2. The molecule has 0 spiro atoms. The van der Waals surface area contributed by atoms with Crippen molar-refractivity contribution in [3.8, 4) is 0 Å². The topological polar surface area (TPSA) is 46.4 Å². The van der Waals surface area contributed by atoms with Gasteiger partial charge in [0.05, 0.1) is 11.4 Å². The van der Waals surface area contributed by atoms with Gasteiger partial charge in [-0.1, -0.05) is 13.8 Å². The summed E-state index contributed by atoms with van der Waals surface area (Å²) in [7, 11) is 0. The first-order valence-corrected chi connectivity index (χ1v) is 5.76. The maximum Gasteiger partial charge on any atom is 0.227 e. The minimum absolute atomic E-state index is 0.0106. The van der Waals surface area contributed by atoms with Gasteiger partial charge in [0.15, 0.2) is 5.65 Å². The fraction of sp³-hybridized carbons (Fsp3) is 0.385. The van der Waals surface area contributed by atoms with Crippen LogP contribution in [0.1, 0.15) is 25.2 Å². The molecule has 0 atom stereocenters. The Balaban J connectivity index is 2.48. The van der Waals surface area contributed by atoms with Gasteiger partial charge in [-0.15, -0.1) is 0 Å². The number of hydrogen-bond donors (Lipinski definition) is 1. The molecule has 2 heterocycles. The van der Waals surface area contributed by atoms with Gasteiger partial charge in [0.2, 0.25) is 5.91 Å². The summed E-state index contributed by atoms with van der Waals surface area (Å²) in [5.41, 5.74) is 3.65. The van der Waals surface area contributed by atoms with E-state index >= 15 is 0 Å². The molecule has 2 aromatic rings. The van der Waals surface area contributed by atoms with Crippen molar-refractivity contribution in [3.63, 3.8) is 0 Å². The largest absolute Gasteiger partial charge is 0.323 e. The summed E-state index contributed by atoms with van der Waals surface area (Å²) < 4.78 is 1.99. The Hall–Kier alpha value is -1.84. The van der Waals surface area contributed by atoms with E-state index in [0.717, 1.165) is 22.7 Å². The lowest BCUT2D eigenvalue weighted by Gasteiger charge is -2.08. The molecule has 17 heavy (non-hydrogen) atoms. The predicted molar refractivity (Wildman–Crippen MR) is 68.1 cm³/mol. The average Bonchev–Trinajstić information content (AvgIpc) is 2.57. The van der Waals surface area contributed by atoms with Crippen LogP contribution in [0.5, 0.6) is 0 Å². The number of amides is 1. The molecule has 0 saturated carbocycles. The second kappa shape index (κ2) is 4.20. The van der Waals surface area contributed by atoms with Crippen LogP contribution < -0.4 is 5.32 Å². The molecular weight excluding hydrogens is 214 g/mol.